The average Bonchev–Trinajstić information content (AvgIpc) is 3.13. The SMILES string of the molecule is CCN(Cc1ccccc1)c1ccc(N=Nc2sc(N(CC)CC)c[n+]2C)c(C)c1. The molecule has 0 spiro atoms. The van der Waals surface area contributed by atoms with E-state index in [0.717, 1.165) is 42.6 Å². The minimum Gasteiger partial charge on any atom is -0.367 e. The first-order valence-corrected chi connectivity index (χ1v) is 11.4. The van der Waals surface area contributed by atoms with Crippen molar-refractivity contribution in [2.75, 3.05) is 29.4 Å². The van der Waals surface area contributed by atoms with Crippen LogP contribution in [0.3, 0.4) is 0 Å². The summed E-state index contributed by atoms with van der Waals surface area (Å²) in [5.41, 5.74) is 4.57. The average molecular weight is 423 g/mol. The molecule has 2 aromatic carbocycles. The van der Waals surface area contributed by atoms with Gasteiger partial charge in [-0.1, -0.05) is 30.3 Å². The van der Waals surface area contributed by atoms with E-state index in [2.05, 4.69) is 102 Å². The molecular weight excluding hydrogens is 390 g/mol. The van der Waals surface area contributed by atoms with Crippen LogP contribution in [0.1, 0.15) is 31.9 Å². The van der Waals surface area contributed by atoms with E-state index in [1.165, 1.54) is 16.3 Å². The summed E-state index contributed by atoms with van der Waals surface area (Å²) >= 11 is 1.68. The molecule has 0 fully saturated rings. The van der Waals surface area contributed by atoms with Crippen LogP contribution in [0.5, 0.6) is 0 Å². The normalized spacial score (nSPS) is 11.2. The van der Waals surface area contributed by atoms with E-state index < -0.39 is 0 Å². The first-order chi connectivity index (χ1) is 14.5. The van der Waals surface area contributed by atoms with Gasteiger partial charge in [0.2, 0.25) is 0 Å². The molecule has 1 heterocycles. The molecule has 158 valence electrons. The maximum absolute atomic E-state index is 4.55. The number of nitrogens with zero attached hydrogens (tertiary/aromatic N) is 5. The van der Waals surface area contributed by atoms with Crippen molar-refractivity contribution in [3.63, 3.8) is 0 Å². The Hall–Kier alpha value is -2.73. The number of thiazole rings is 1. The van der Waals surface area contributed by atoms with E-state index in [1.54, 1.807) is 11.3 Å². The second kappa shape index (κ2) is 10.3. The first kappa shape index (κ1) is 22.0. The molecule has 1 aromatic heterocycles. The number of anilines is 2. The fourth-order valence-corrected chi connectivity index (χ4v) is 4.48. The highest BCUT2D eigenvalue weighted by Crippen LogP contribution is 2.30. The molecule has 0 bridgehead atoms. The summed E-state index contributed by atoms with van der Waals surface area (Å²) in [6, 6.07) is 17.0. The summed E-state index contributed by atoms with van der Waals surface area (Å²) in [5.74, 6) is 0. The van der Waals surface area contributed by atoms with Gasteiger partial charge in [-0.2, -0.15) is 0 Å². The van der Waals surface area contributed by atoms with Gasteiger partial charge >= 0.3 is 5.13 Å². The molecule has 30 heavy (non-hydrogen) atoms. The van der Waals surface area contributed by atoms with E-state index >= 15 is 0 Å². The van der Waals surface area contributed by atoms with E-state index in [9.17, 15) is 0 Å². The lowest BCUT2D eigenvalue weighted by molar-refractivity contribution is -0.653. The first-order valence-electron chi connectivity index (χ1n) is 10.6. The fourth-order valence-electron chi connectivity index (χ4n) is 3.42. The molecule has 0 saturated carbocycles. The van der Waals surface area contributed by atoms with Crippen LogP contribution in [0.25, 0.3) is 0 Å². The Bertz CT molecular complexity index is 977. The third kappa shape index (κ3) is 5.25. The summed E-state index contributed by atoms with van der Waals surface area (Å²) in [5, 5.41) is 11.2. The van der Waals surface area contributed by atoms with Crippen molar-refractivity contribution in [2.24, 2.45) is 17.3 Å². The Kier molecular flexibility index (Phi) is 7.57. The van der Waals surface area contributed by atoms with Crippen LogP contribution in [0.2, 0.25) is 0 Å². The van der Waals surface area contributed by atoms with E-state index in [1.807, 2.05) is 11.6 Å². The Morgan fingerprint density at radius 3 is 2.23 bits per heavy atom. The van der Waals surface area contributed by atoms with E-state index in [0.29, 0.717) is 0 Å². The highest BCUT2D eigenvalue weighted by Gasteiger charge is 2.17. The molecule has 0 atom stereocenters. The lowest BCUT2D eigenvalue weighted by Crippen LogP contribution is -2.26. The molecular formula is C24H32N5S+. The van der Waals surface area contributed by atoms with Gasteiger partial charge in [-0.15, -0.1) is 0 Å². The third-order valence-corrected chi connectivity index (χ3v) is 6.39. The number of rotatable bonds is 9. The molecule has 5 nitrogen and oxygen atoms in total. The zero-order chi connectivity index (χ0) is 21.5. The predicted octanol–water partition coefficient (Wildman–Crippen LogP) is 6.17. The van der Waals surface area contributed by atoms with Crippen LogP contribution in [0, 0.1) is 6.92 Å². The van der Waals surface area contributed by atoms with Crippen molar-refractivity contribution in [1.29, 1.82) is 0 Å². The number of hydrogen-bond donors (Lipinski definition) is 0. The highest BCUT2D eigenvalue weighted by atomic mass is 32.1. The van der Waals surface area contributed by atoms with Crippen molar-refractivity contribution in [3.8, 4) is 0 Å². The van der Waals surface area contributed by atoms with Crippen molar-refractivity contribution in [3.05, 3.63) is 65.9 Å². The van der Waals surface area contributed by atoms with E-state index in [4.69, 9.17) is 0 Å². The molecule has 0 amide bonds. The van der Waals surface area contributed by atoms with Crippen molar-refractivity contribution < 1.29 is 4.57 Å². The van der Waals surface area contributed by atoms with Crippen molar-refractivity contribution in [1.82, 2.24) is 0 Å². The third-order valence-electron chi connectivity index (χ3n) is 5.26. The minimum absolute atomic E-state index is 0.900. The number of benzene rings is 2. The van der Waals surface area contributed by atoms with Gasteiger partial charge in [0.25, 0.3) is 0 Å². The van der Waals surface area contributed by atoms with Gasteiger partial charge in [0.1, 0.15) is 16.9 Å². The lowest BCUT2D eigenvalue weighted by Gasteiger charge is -2.23. The van der Waals surface area contributed by atoms with Gasteiger partial charge < -0.3 is 9.80 Å². The van der Waals surface area contributed by atoms with Crippen LogP contribution in [0.15, 0.2) is 65.0 Å². The van der Waals surface area contributed by atoms with Crippen LogP contribution in [0.4, 0.5) is 21.5 Å². The standard InChI is InChI=1S/C24H32N5S/c1-6-28(7-2)23-18-27(5)24(30-23)26-25-22-15-14-21(16-19(22)4)29(8-3)17-20-12-10-9-11-13-20/h9-16,18H,6-8,17H2,1-5H3/q+1. The Morgan fingerprint density at radius 2 is 1.60 bits per heavy atom. The van der Waals surface area contributed by atoms with E-state index in [-0.39, 0.29) is 0 Å². The van der Waals surface area contributed by atoms with Crippen molar-refractivity contribution in [2.45, 2.75) is 34.2 Å². The summed E-state index contributed by atoms with van der Waals surface area (Å²) < 4.78 is 2.05. The van der Waals surface area contributed by atoms with Gasteiger partial charge in [-0.3, -0.25) is 0 Å². The second-order valence-corrected chi connectivity index (χ2v) is 8.29. The van der Waals surface area contributed by atoms with Crippen LogP contribution in [-0.4, -0.2) is 19.6 Å². The summed E-state index contributed by atoms with van der Waals surface area (Å²) in [6.45, 7) is 12.5. The number of azo groups is 1. The molecule has 6 heteroatoms. The predicted molar refractivity (Wildman–Crippen MR) is 128 cm³/mol. The molecule has 0 aliphatic carbocycles. The van der Waals surface area contributed by atoms with Gasteiger partial charge in [0.15, 0.2) is 0 Å². The zero-order valence-corrected chi connectivity index (χ0v) is 19.5. The number of aromatic nitrogens is 1. The minimum atomic E-state index is 0.900. The molecule has 0 N–H and O–H groups in total. The van der Waals surface area contributed by atoms with Crippen LogP contribution in [-0.2, 0) is 13.6 Å². The van der Waals surface area contributed by atoms with Gasteiger partial charge in [-0.05, 0) is 73.5 Å². The zero-order valence-electron chi connectivity index (χ0n) is 18.7. The quantitative estimate of drug-likeness (QED) is 0.305. The van der Waals surface area contributed by atoms with Gasteiger partial charge in [-0.25, -0.2) is 4.57 Å². The highest BCUT2D eigenvalue weighted by molar-refractivity contribution is 7.18. The fraction of sp³-hybridized carbons (Fsp3) is 0.375. The van der Waals surface area contributed by atoms with Gasteiger partial charge in [0, 0.05) is 31.9 Å². The molecule has 0 aliphatic heterocycles. The molecule has 0 aliphatic rings. The van der Waals surface area contributed by atoms with Gasteiger partial charge in [0.05, 0.1) is 12.2 Å². The summed E-state index contributed by atoms with van der Waals surface area (Å²) in [7, 11) is 2.02. The smallest absolute Gasteiger partial charge is 0.367 e. The molecule has 0 unspecified atom stereocenters. The Balaban J connectivity index is 1.77. The number of aryl methyl sites for hydroxylation is 2. The molecule has 0 saturated heterocycles. The molecule has 3 aromatic rings. The maximum Gasteiger partial charge on any atom is 0.410 e. The largest absolute Gasteiger partial charge is 0.410 e. The summed E-state index contributed by atoms with van der Waals surface area (Å²) in [4.78, 5) is 4.70. The van der Waals surface area contributed by atoms with Crippen molar-refractivity contribution >= 4 is 32.8 Å². The van der Waals surface area contributed by atoms with Crippen LogP contribution < -0.4 is 14.4 Å². The maximum atomic E-state index is 4.55. The Morgan fingerprint density at radius 1 is 0.900 bits per heavy atom. The Labute approximate surface area is 184 Å². The number of hydrogen-bond acceptors (Lipinski definition) is 5. The lowest BCUT2D eigenvalue weighted by atomic mass is 10.1. The van der Waals surface area contributed by atoms with Crippen LogP contribution >= 0.6 is 11.3 Å². The summed E-state index contributed by atoms with van der Waals surface area (Å²) in [6.07, 6.45) is 2.13. The molecule has 3 rings (SSSR count). The monoisotopic (exact) mass is 422 g/mol. The topological polar surface area (TPSA) is 35.1 Å². The second-order valence-electron chi connectivity index (χ2n) is 7.31. The molecule has 0 radical (unpaired) electrons.